The first-order chi connectivity index (χ1) is 11.4. The summed E-state index contributed by atoms with van der Waals surface area (Å²) in [5.41, 5.74) is 0.940. The minimum absolute atomic E-state index is 0.0962. The summed E-state index contributed by atoms with van der Waals surface area (Å²) in [5, 5.41) is 0. The monoisotopic (exact) mass is 350 g/mol. The van der Waals surface area contributed by atoms with Gasteiger partial charge >= 0.3 is 0 Å². The summed E-state index contributed by atoms with van der Waals surface area (Å²) in [6.07, 6.45) is 8.86. The fraction of sp³-hybridized carbons (Fsp3) is 0.818. The Kier molecular flexibility index (Phi) is 13.4. The second kappa shape index (κ2) is 13.7. The molecule has 0 saturated carbocycles. The van der Waals surface area contributed by atoms with Gasteiger partial charge in [0.2, 0.25) is 0 Å². The highest BCUT2D eigenvalue weighted by atomic mass is 28.4. The van der Waals surface area contributed by atoms with E-state index in [4.69, 9.17) is 4.43 Å². The molecule has 0 aliphatic heterocycles. The third kappa shape index (κ3) is 11.1. The molecule has 0 amide bonds. The van der Waals surface area contributed by atoms with Crippen LogP contribution in [-0.2, 0) is 4.43 Å². The van der Waals surface area contributed by atoms with Gasteiger partial charge in [-0.25, -0.2) is 0 Å². The van der Waals surface area contributed by atoms with Crippen molar-refractivity contribution in [1.29, 1.82) is 0 Å². The van der Waals surface area contributed by atoms with Gasteiger partial charge in [-0.05, 0) is 43.0 Å². The SMILES string of the molecule is C=C(C)C#CC(CC(C)C)O[Si](CCCC)(CCCC)CCCC. The van der Waals surface area contributed by atoms with E-state index in [1.165, 1.54) is 56.7 Å². The van der Waals surface area contributed by atoms with Crippen molar-refractivity contribution in [3.63, 3.8) is 0 Å². The van der Waals surface area contributed by atoms with Gasteiger partial charge in [0.25, 0.3) is 0 Å². The first kappa shape index (κ1) is 23.5. The second-order valence-electron chi connectivity index (χ2n) is 7.78. The zero-order valence-corrected chi connectivity index (χ0v) is 18.3. The van der Waals surface area contributed by atoms with Gasteiger partial charge in [0, 0.05) is 0 Å². The van der Waals surface area contributed by atoms with Crippen LogP contribution in [0.2, 0.25) is 18.1 Å². The van der Waals surface area contributed by atoms with Crippen molar-refractivity contribution in [3.05, 3.63) is 12.2 Å². The Bertz CT molecular complexity index is 367. The molecule has 1 unspecified atom stereocenters. The van der Waals surface area contributed by atoms with Crippen molar-refractivity contribution in [2.24, 2.45) is 5.92 Å². The summed E-state index contributed by atoms with van der Waals surface area (Å²) in [4.78, 5) is 0. The van der Waals surface area contributed by atoms with E-state index in [1.807, 2.05) is 6.92 Å². The van der Waals surface area contributed by atoms with E-state index in [9.17, 15) is 0 Å². The molecular formula is C22H42OSi. The van der Waals surface area contributed by atoms with Gasteiger partial charge in [-0.3, -0.25) is 0 Å². The van der Waals surface area contributed by atoms with Crippen LogP contribution in [0.25, 0.3) is 0 Å². The van der Waals surface area contributed by atoms with E-state index >= 15 is 0 Å². The zero-order chi connectivity index (χ0) is 18.4. The molecule has 1 nitrogen and oxygen atoms in total. The van der Waals surface area contributed by atoms with Crippen LogP contribution in [0.1, 0.15) is 86.5 Å². The minimum Gasteiger partial charge on any atom is -0.403 e. The smallest absolute Gasteiger partial charge is 0.194 e. The van der Waals surface area contributed by atoms with Gasteiger partial charge in [0.1, 0.15) is 6.10 Å². The molecule has 0 aromatic rings. The predicted molar refractivity (Wildman–Crippen MR) is 112 cm³/mol. The number of rotatable bonds is 13. The first-order valence-electron chi connectivity index (χ1n) is 10.2. The molecule has 0 bridgehead atoms. The Balaban J connectivity index is 5.34. The lowest BCUT2D eigenvalue weighted by Crippen LogP contribution is -2.42. The van der Waals surface area contributed by atoms with Gasteiger partial charge < -0.3 is 4.43 Å². The molecule has 0 aliphatic carbocycles. The van der Waals surface area contributed by atoms with Crippen molar-refractivity contribution < 1.29 is 4.43 Å². The quantitative estimate of drug-likeness (QED) is 0.249. The van der Waals surface area contributed by atoms with Gasteiger partial charge in [-0.1, -0.05) is 91.6 Å². The van der Waals surface area contributed by atoms with Crippen molar-refractivity contribution in [3.8, 4) is 11.8 Å². The van der Waals surface area contributed by atoms with Crippen molar-refractivity contribution in [2.75, 3.05) is 0 Å². The molecule has 140 valence electrons. The summed E-state index contributed by atoms with van der Waals surface area (Å²) in [6, 6.07) is 3.94. The Hall–Kier alpha value is -0.523. The highest BCUT2D eigenvalue weighted by Gasteiger charge is 2.35. The number of unbranched alkanes of at least 4 members (excludes halogenated alkanes) is 3. The standard InChI is InChI=1S/C22H42OSi/c1-8-11-16-24(17-12-9-2,18-13-10-3)23-22(19-21(6)7)15-14-20(4)5/h21-22H,4,8-13,16-19H2,1-3,5-7H3. The molecule has 0 fully saturated rings. The lowest BCUT2D eigenvalue weighted by Gasteiger charge is -2.35. The minimum atomic E-state index is -1.69. The van der Waals surface area contributed by atoms with Crippen LogP contribution >= 0.6 is 0 Å². The van der Waals surface area contributed by atoms with Crippen molar-refractivity contribution in [1.82, 2.24) is 0 Å². The molecule has 0 rings (SSSR count). The number of hydrogen-bond donors (Lipinski definition) is 0. The molecule has 0 aromatic heterocycles. The van der Waals surface area contributed by atoms with Crippen molar-refractivity contribution >= 4 is 8.32 Å². The summed E-state index contributed by atoms with van der Waals surface area (Å²) in [5.74, 6) is 7.21. The van der Waals surface area contributed by atoms with Gasteiger partial charge in [0.05, 0.1) is 0 Å². The van der Waals surface area contributed by atoms with Gasteiger partial charge in [-0.15, -0.1) is 0 Å². The van der Waals surface area contributed by atoms with E-state index in [-0.39, 0.29) is 6.10 Å². The van der Waals surface area contributed by atoms with Crippen molar-refractivity contribution in [2.45, 2.75) is 111 Å². The van der Waals surface area contributed by atoms with E-state index in [0.717, 1.165) is 12.0 Å². The van der Waals surface area contributed by atoms with Crippen LogP contribution in [0.15, 0.2) is 12.2 Å². The zero-order valence-electron chi connectivity index (χ0n) is 17.3. The summed E-state index contributed by atoms with van der Waals surface area (Å²) < 4.78 is 6.93. The van der Waals surface area contributed by atoms with Crippen LogP contribution < -0.4 is 0 Å². The highest BCUT2D eigenvalue weighted by molar-refractivity contribution is 6.73. The summed E-state index contributed by atoms with van der Waals surface area (Å²) in [6.45, 7) is 17.3. The third-order valence-corrected chi connectivity index (χ3v) is 9.06. The maximum atomic E-state index is 6.93. The lowest BCUT2D eigenvalue weighted by molar-refractivity contribution is 0.210. The van der Waals surface area contributed by atoms with E-state index in [2.05, 4.69) is 53.0 Å². The normalized spacial score (nSPS) is 12.8. The first-order valence-corrected chi connectivity index (χ1v) is 12.8. The second-order valence-corrected chi connectivity index (χ2v) is 11.9. The van der Waals surface area contributed by atoms with E-state index in [0.29, 0.717) is 5.92 Å². The Labute approximate surface area is 153 Å². The van der Waals surface area contributed by atoms with Crippen LogP contribution in [0, 0.1) is 17.8 Å². The lowest BCUT2D eigenvalue weighted by atomic mass is 10.1. The van der Waals surface area contributed by atoms with E-state index < -0.39 is 8.32 Å². The van der Waals surface area contributed by atoms with E-state index in [1.54, 1.807) is 0 Å². The van der Waals surface area contributed by atoms with Crippen LogP contribution in [-0.4, -0.2) is 14.4 Å². The molecule has 0 aromatic carbocycles. The molecule has 0 spiro atoms. The van der Waals surface area contributed by atoms with Gasteiger partial charge in [0.15, 0.2) is 8.32 Å². The van der Waals surface area contributed by atoms with Crippen LogP contribution in [0.3, 0.4) is 0 Å². The molecule has 0 saturated heterocycles. The average molecular weight is 351 g/mol. The largest absolute Gasteiger partial charge is 0.403 e. The molecule has 0 heterocycles. The molecule has 0 aliphatic rings. The average Bonchev–Trinajstić information content (AvgIpc) is 2.53. The molecule has 24 heavy (non-hydrogen) atoms. The maximum Gasteiger partial charge on any atom is 0.194 e. The molecule has 2 heteroatoms. The predicted octanol–water partition coefficient (Wildman–Crippen LogP) is 7.34. The Morgan fingerprint density at radius 1 is 0.958 bits per heavy atom. The Morgan fingerprint density at radius 2 is 1.42 bits per heavy atom. The Morgan fingerprint density at radius 3 is 1.75 bits per heavy atom. The topological polar surface area (TPSA) is 9.23 Å². The molecular weight excluding hydrogens is 308 g/mol. The number of allylic oxidation sites excluding steroid dienone is 1. The maximum absolute atomic E-state index is 6.93. The molecule has 1 atom stereocenters. The molecule has 0 N–H and O–H groups in total. The fourth-order valence-corrected chi connectivity index (χ4v) is 7.97. The van der Waals surface area contributed by atoms with Gasteiger partial charge in [-0.2, -0.15) is 0 Å². The summed E-state index contributed by atoms with van der Waals surface area (Å²) >= 11 is 0. The van der Waals surface area contributed by atoms with Crippen LogP contribution in [0.5, 0.6) is 0 Å². The van der Waals surface area contributed by atoms with Crippen LogP contribution in [0.4, 0.5) is 0 Å². The number of hydrogen-bond acceptors (Lipinski definition) is 1. The fourth-order valence-electron chi connectivity index (χ4n) is 3.12. The third-order valence-electron chi connectivity index (χ3n) is 4.48. The summed E-state index contributed by atoms with van der Waals surface area (Å²) in [7, 11) is -1.69. The molecule has 0 radical (unpaired) electrons. The highest BCUT2D eigenvalue weighted by Crippen LogP contribution is 2.31.